The maximum atomic E-state index is 14.1. The zero-order valence-electron chi connectivity index (χ0n) is 20.8. The van der Waals surface area contributed by atoms with E-state index in [0.29, 0.717) is 25.7 Å². The van der Waals surface area contributed by atoms with Gasteiger partial charge in [-0.15, -0.1) is 0 Å². The lowest BCUT2D eigenvalue weighted by Gasteiger charge is -2.33. The molecule has 1 saturated heterocycles. The van der Waals surface area contributed by atoms with Crippen molar-refractivity contribution in [1.82, 2.24) is 19.4 Å². The van der Waals surface area contributed by atoms with Crippen molar-refractivity contribution in [2.45, 2.75) is 88.4 Å². The van der Waals surface area contributed by atoms with Crippen molar-refractivity contribution in [2.75, 3.05) is 18.6 Å². The summed E-state index contributed by atoms with van der Waals surface area (Å²) in [5.74, 6) is 1.36. The molecule has 196 valence electrons. The Balaban J connectivity index is 1.35. The molecule has 0 aromatic carbocycles. The predicted octanol–water partition coefficient (Wildman–Crippen LogP) is 3.57. The Morgan fingerprint density at radius 2 is 1.78 bits per heavy atom. The Hall–Kier alpha value is -2.20. The summed E-state index contributed by atoms with van der Waals surface area (Å²) in [5, 5.41) is 3.37. The van der Waals surface area contributed by atoms with Crippen molar-refractivity contribution in [3.63, 3.8) is 0 Å². The van der Waals surface area contributed by atoms with E-state index in [0.717, 1.165) is 56.2 Å². The molecule has 2 saturated carbocycles. The molecular weight excluding hydrogens is 483 g/mol. The van der Waals surface area contributed by atoms with Gasteiger partial charge in [-0.05, 0) is 75.4 Å². The fourth-order valence-electron chi connectivity index (χ4n) is 6.19. The maximum Gasteiger partial charge on any atom is 0.333 e. The van der Waals surface area contributed by atoms with Crippen LogP contribution in [0.5, 0.6) is 0 Å². The number of ether oxygens (including phenoxy) is 1. The maximum absolute atomic E-state index is 14.1. The number of pyridine rings is 1. The van der Waals surface area contributed by atoms with Gasteiger partial charge in [-0.25, -0.2) is 14.2 Å². The summed E-state index contributed by atoms with van der Waals surface area (Å²) >= 11 is 1.85. The number of nitrogens with one attached hydrogen (secondary N) is 1. The normalized spacial score (nSPS) is 27.7. The van der Waals surface area contributed by atoms with E-state index in [1.54, 1.807) is 11.7 Å². The average molecular weight is 519 g/mol. The minimum absolute atomic E-state index is 0.0206. The average Bonchev–Trinajstić information content (AvgIpc) is 2.91. The van der Waals surface area contributed by atoms with Crippen molar-refractivity contribution in [3.05, 3.63) is 38.9 Å². The van der Waals surface area contributed by atoms with Gasteiger partial charge in [-0.2, -0.15) is 11.8 Å². The summed E-state index contributed by atoms with van der Waals surface area (Å²) in [6.45, 7) is 0. The SMILES string of the molecule is COC1CCCC(C(=O)N[C@H]2CC[C@@H](n3c(=O)c4cc(F)cnc4n(C4CCSCC4)c3=O)CC2)C1. The molecular formula is C26H35FN4O4S. The molecule has 10 heteroatoms. The number of nitrogens with zero attached hydrogens (tertiary/aromatic N) is 3. The summed E-state index contributed by atoms with van der Waals surface area (Å²) in [4.78, 5) is 44.2. The highest BCUT2D eigenvalue weighted by Crippen LogP contribution is 2.31. The van der Waals surface area contributed by atoms with Crippen LogP contribution in [0.25, 0.3) is 11.0 Å². The Bertz CT molecular complexity index is 1220. The lowest BCUT2D eigenvalue weighted by Crippen LogP contribution is -2.47. The van der Waals surface area contributed by atoms with Gasteiger partial charge in [-0.1, -0.05) is 6.42 Å². The Kier molecular flexibility index (Phi) is 7.81. The summed E-state index contributed by atoms with van der Waals surface area (Å²) in [6.07, 6.45) is 9.12. The van der Waals surface area contributed by atoms with E-state index in [2.05, 4.69) is 10.3 Å². The summed E-state index contributed by atoms with van der Waals surface area (Å²) in [6, 6.07) is 0.915. The standard InChI is InChI=1S/C26H35FN4O4S/c1-35-21-4-2-3-16(13-21)24(32)29-18-5-7-19(8-6-18)31-25(33)22-14-17(27)15-28-23(22)30(26(31)34)20-9-11-36-12-10-20/h14-16,18-21H,2-13H2,1H3,(H,29,32)/t16?,18-,19+,21?. The van der Waals surface area contributed by atoms with Crippen LogP contribution in [0.1, 0.15) is 76.3 Å². The van der Waals surface area contributed by atoms with Gasteiger partial charge in [-0.3, -0.25) is 18.7 Å². The molecule has 8 nitrogen and oxygen atoms in total. The first-order valence-corrected chi connectivity index (χ1v) is 14.3. The highest BCUT2D eigenvalue weighted by Gasteiger charge is 2.32. The van der Waals surface area contributed by atoms with E-state index in [9.17, 15) is 18.8 Å². The van der Waals surface area contributed by atoms with E-state index in [1.165, 1.54) is 10.6 Å². The fourth-order valence-corrected chi connectivity index (χ4v) is 7.28. The van der Waals surface area contributed by atoms with E-state index in [4.69, 9.17) is 4.74 Å². The number of carbonyl (C=O) groups is 1. The van der Waals surface area contributed by atoms with E-state index >= 15 is 0 Å². The lowest BCUT2D eigenvalue weighted by molar-refractivity contribution is -0.128. The molecule has 2 aromatic rings. The third kappa shape index (κ3) is 5.11. The molecule has 0 bridgehead atoms. The molecule has 2 aliphatic carbocycles. The molecule has 3 heterocycles. The summed E-state index contributed by atoms with van der Waals surface area (Å²) in [7, 11) is 1.70. The minimum atomic E-state index is -0.583. The highest BCUT2D eigenvalue weighted by molar-refractivity contribution is 7.99. The fraction of sp³-hybridized carbons (Fsp3) is 0.692. The Labute approximate surface area is 214 Å². The minimum Gasteiger partial charge on any atom is -0.381 e. The van der Waals surface area contributed by atoms with Crippen LogP contribution >= 0.6 is 11.8 Å². The monoisotopic (exact) mass is 518 g/mol. The van der Waals surface area contributed by atoms with Crippen LogP contribution < -0.4 is 16.6 Å². The zero-order valence-corrected chi connectivity index (χ0v) is 21.6. The van der Waals surface area contributed by atoms with E-state index < -0.39 is 11.4 Å². The largest absolute Gasteiger partial charge is 0.381 e. The van der Waals surface area contributed by atoms with Crippen molar-refractivity contribution < 1.29 is 13.9 Å². The molecule has 36 heavy (non-hydrogen) atoms. The van der Waals surface area contributed by atoms with Crippen LogP contribution in [0.4, 0.5) is 4.39 Å². The van der Waals surface area contributed by atoms with Crippen molar-refractivity contribution in [3.8, 4) is 0 Å². The third-order valence-electron chi connectivity index (χ3n) is 8.22. The van der Waals surface area contributed by atoms with Gasteiger partial charge in [0, 0.05) is 31.2 Å². The van der Waals surface area contributed by atoms with Gasteiger partial charge in [0.05, 0.1) is 17.7 Å². The van der Waals surface area contributed by atoms with Crippen molar-refractivity contribution >= 4 is 28.7 Å². The number of methoxy groups -OCH3 is 1. The summed E-state index contributed by atoms with van der Waals surface area (Å²) in [5.41, 5.74) is -0.533. The molecule has 0 radical (unpaired) electrons. The molecule has 1 N–H and O–H groups in total. The molecule has 0 spiro atoms. The molecule has 3 aliphatic rings. The molecule has 2 atom stereocenters. The second-order valence-electron chi connectivity index (χ2n) is 10.4. The van der Waals surface area contributed by atoms with E-state index in [1.807, 2.05) is 11.8 Å². The molecule has 2 unspecified atom stereocenters. The topological polar surface area (TPSA) is 95.2 Å². The molecule has 3 fully saturated rings. The number of aromatic nitrogens is 3. The van der Waals surface area contributed by atoms with Gasteiger partial charge in [0.2, 0.25) is 5.91 Å². The summed E-state index contributed by atoms with van der Waals surface area (Å²) < 4.78 is 22.5. The van der Waals surface area contributed by atoms with Crippen LogP contribution in [-0.4, -0.2) is 50.8 Å². The van der Waals surface area contributed by atoms with Gasteiger partial charge >= 0.3 is 5.69 Å². The first kappa shape index (κ1) is 25.4. The van der Waals surface area contributed by atoms with Crippen LogP contribution in [0.15, 0.2) is 21.9 Å². The van der Waals surface area contributed by atoms with Crippen molar-refractivity contribution in [2.24, 2.45) is 5.92 Å². The Morgan fingerprint density at radius 3 is 2.50 bits per heavy atom. The van der Waals surface area contributed by atoms with Gasteiger partial charge in [0.1, 0.15) is 11.5 Å². The lowest BCUT2D eigenvalue weighted by atomic mass is 9.85. The van der Waals surface area contributed by atoms with E-state index in [-0.39, 0.29) is 52.8 Å². The first-order valence-electron chi connectivity index (χ1n) is 13.2. The molecule has 1 amide bonds. The number of carbonyl (C=O) groups excluding carboxylic acids is 1. The second-order valence-corrected chi connectivity index (χ2v) is 11.7. The first-order chi connectivity index (χ1) is 17.5. The zero-order chi connectivity index (χ0) is 25.2. The van der Waals surface area contributed by atoms with Gasteiger partial charge < -0.3 is 10.1 Å². The predicted molar refractivity (Wildman–Crippen MR) is 138 cm³/mol. The van der Waals surface area contributed by atoms with Gasteiger partial charge in [0.15, 0.2) is 0 Å². The van der Waals surface area contributed by atoms with Crippen LogP contribution in [-0.2, 0) is 9.53 Å². The highest BCUT2D eigenvalue weighted by atomic mass is 32.2. The number of hydrogen-bond donors (Lipinski definition) is 1. The van der Waals surface area contributed by atoms with Crippen LogP contribution in [0, 0.1) is 11.7 Å². The number of hydrogen-bond acceptors (Lipinski definition) is 6. The van der Waals surface area contributed by atoms with Crippen LogP contribution in [0.2, 0.25) is 0 Å². The molecule has 5 rings (SSSR count). The number of amides is 1. The molecule has 2 aromatic heterocycles. The van der Waals surface area contributed by atoms with Crippen LogP contribution in [0.3, 0.4) is 0 Å². The third-order valence-corrected chi connectivity index (χ3v) is 9.27. The number of thioether (sulfide) groups is 1. The number of halogens is 1. The Morgan fingerprint density at radius 1 is 1.06 bits per heavy atom. The molecule has 1 aliphatic heterocycles. The second kappa shape index (κ2) is 11.0. The smallest absolute Gasteiger partial charge is 0.333 e. The van der Waals surface area contributed by atoms with Gasteiger partial charge in [0.25, 0.3) is 5.56 Å². The number of fused-ring (bicyclic) bond motifs is 1. The van der Waals surface area contributed by atoms with Crippen molar-refractivity contribution in [1.29, 1.82) is 0 Å². The number of rotatable bonds is 5. The quantitative estimate of drug-likeness (QED) is 0.650.